The van der Waals surface area contributed by atoms with E-state index in [0.717, 1.165) is 97.2 Å². The molecule has 1 atom stereocenters. The van der Waals surface area contributed by atoms with Crippen molar-refractivity contribution >= 4 is 33.3 Å². The molecule has 253 valence electrons. The van der Waals surface area contributed by atoms with Gasteiger partial charge in [-0.25, -0.2) is 0 Å². The van der Waals surface area contributed by atoms with Crippen LogP contribution in [0.5, 0.6) is 0 Å². The first-order chi connectivity index (χ1) is 24.9. The molecule has 4 fully saturated rings. The number of benzene rings is 3. The van der Waals surface area contributed by atoms with Gasteiger partial charge in [0.25, 0.3) is 0 Å². The molecule has 0 bridgehead atoms. The first kappa shape index (κ1) is 27.7. The summed E-state index contributed by atoms with van der Waals surface area (Å²) in [6.07, 6.45) is 17.6. The van der Waals surface area contributed by atoms with Gasteiger partial charge in [-0.1, -0.05) is 104 Å². The van der Waals surface area contributed by atoms with Crippen LogP contribution < -0.4 is 0 Å². The summed E-state index contributed by atoms with van der Waals surface area (Å²) >= 11 is 0. The van der Waals surface area contributed by atoms with Crippen molar-refractivity contribution in [2.75, 3.05) is 0 Å². The second-order valence-corrected chi connectivity index (χ2v) is 14.2. The van der Waals surface area contributed by atoms with Crippen molar-refractivity contribution in [3.63, 3.8) is 0 Å². The van der Waals surface area contributed by atoms with Crippen molar-refractivity contribution in [1.29, 1.82) is 0 Å². The summed E-state index contributed by atoms with van der Waals surface area (Å²) in [5, 5.41) is 16.3. The maximum absolute atomic E-state index is 11.8. The number of hydrogen-bond donors (Lipinski definition) is 1. The zero-order chi connectivity index (χ0) is 36.3. The Morgan fingerprint density at radius 1 is 0.896 bits per heavy atom. The first-order valence-corrected chi connectivity index (χ1v) is 17.8. The number of carbonyl (C=O) groups is 1. The Labute approximate surface area is 305 Å². The molecular weight excluding hydrogens is 771 g/mol. The zero-order valence-electron chi connectivity index (χ0n) is 32.4. The van der Waals surface area contributed by atoms with Crippen LogP contribution in [0.3, 0.4) is 0 Å². The van der Waals surface area contributed by atoms with Crippen molar-refractivity contribution < 1.29 is 41.3 Å². The average Bonchev–Trinajstić information content (AvgIpc) is 3.74. The minimum Gasteiger partial charge on any atom is -0.682 e. The van der Waals surface area contributed by atoms with E-state index < -0.39 is 24.7 Å². The zero-order valence-corrected chi connectivity index (χ0v) is 29.8. The van der Waals surface area contributed by atoms with Crippen LogP contribution >= 0.6 is 0 Å². The quantitative estimate of drug-likeness (QED) is 0.120. The molecule has 0 saturated heterocycles. The second kappa shape index (κ2) is 14.4. The molecule has 1 radical (unpaired) electrons. The number of furan rings is 1. The fraction of sp³-hybridized carbons (Fsp3) is 0.465. The van der Waals surface area contributed by atoms with Gasteiger partial charge in [0, 0.05) is 55.8 Å². The number of ketones is 1. The van der Waals surface area contributed by atoms with Crippen LogP contribution in [0, 0.1) is 30.6 Å². The Balaban J connectivity index is 0.000000229. The standard InChI is InChI=1S/C30H27NO.C13H20O2.Ir/c1-18-14-25-22-8-4-5-9-28(22)32-30(25)26(15-18)29-23-13-12-21(19-6-2-3-7-19)16-24(23)27(17-31-29)20-10-11-20;14-12(10-5-1-2-6-10)9-13(15)11-7-3-4-8-11;/h4-5,8-9,12-14,16-17,19-20,29H,2-3,6-7,10-11H2,1H3;9-11,14H,1-8H2;/q-2;;/b;12-9-;/i1D3,19D,20D;;. The molecule has 48 heavy (non-hydrogen) atoms. The Morgan fingerprint density at radius 2 is 1.60 bits per heavy atom. The molecule has 4 saturated carbocycles. The maximum atomic E-state index is 11.8. The van der Waals surface area contributed by atoms with Gasteiger partial charge in [0.15, 0.2) is 5.78 Å². The molecule has 1 unspecified atom stereocenters. The van der Waals surface area contributed by atoms with Crippen molar-refractivity contribution in [3.8, 4) is 0 Å². The van der Waals surface area contributed by atoms with Gasteiger partial charge in [0.05, 0.1) is 5.76 Å². The number of para-hydroxylation sites is 1. The molecule has 5 heteroatoms. The number of allylic oxidation sites excluding steroid dienone is 3. The average molecular weight is 823 g/mol. The van der Waals surface area contributed by atoms with Gasteiger partial charge in [-0.2, -0.15) is 23.9 Å². The molecule has 0 spiro atoms. The molecule has 1 N–H and O–H groups in total. The van der Waals surface area contributed by atoms with Crippen LogP contribution in [0.1, 0.15) is 136 Å². The second-order valence-electron chi connectivity index (χ2n) is 14.2. The third kappa shape index (κ3) is 6.70. The van der Waals surface area contributed by atoms with Gasteiger partial charge in [-0.15, -0.1) is 5.56 Å². The molecule has 1 aromatic heterocycles. The molecule has 3 aromatic carbocycles. The smallest absolute Gasteiger partial charge is 0.162 e. The molecular formula is C43H47IrNO3-2. The van der Waals surface area contributed by atoms with Crippen LogP contribution in [-0.4, -0.2) is 10.9 Å². The van der Waals surface area contributed by atoms with E-state index >= 15 is 0 Å². The van der Waals surface area contributed by atoms with E-state index in [4.69, 9.17) is 16.6 Å². The van der Waals surface area contributed by atoms with E-state index in [1.54, 1.807) is 6.07 Å². The Morgan fingerprint density at radius 3 is 2.33 bits per heavy atom. The molecule has 4 nitrogen and oxygen atoms in total. The van der Waals surface area contributed by atoms with Gasteiger partial charge in [0.2, 0.25) is 0 Å². The van der Waals surface area contributed by atoms with Crippen LogP contribution in [-0.2, 0) is 24.9 Å². The fourth-order valence-corrected chi connectivity index (χ4v) is 8.28. The summed E-state index contributed by atoms with van der Waals surface area (Å²) in [5.74, 6) is -0.251. The van der Waals surface area contributed by atoms with E-state index in [-0.39, 0.29) is 43.3 Å². The topological polar surface area (TPSA) is 64.5 Å². The van der Waals surface area contributed by atoms with Crippen molar-refractivity contribution in [1.82, 2.24) is 0 Å². The first-order valence-electron chi connectivity index (χ1n) is 20.3. The van der Waals surface area contributed by atoms with Crippen LogP contribution in [0.4, 0.5) is 0 Å². The van der Waals surface area contributed by atoms with Crippen LogP contribution in [0.15, 0.2) is 71.0 Å². The third-order valence-electron chi connectivity index (χ3n) is 11.0. The van der Waals surface area contributed by atoms with Gasteiger partial charge < -0.3 is 14.8 Å². The van der Waals surface area contributed by atoms with Crippen molar-refractivity contribution in [2.24, 2.45) is 17.7 Å². The molecule has 9 rings (SSSR count). The Kier molecular flexibility index (Phi) is 8.28. The van der Waals surface area contributed by atoms with Crippen LogP contribution in [0.2, 0.25) is 0 Å². The minimum atomic E-state index is -2.33. The van der Waals surface area contributed by atoms with Crippen LogP contribution in [0.25, 0.3) is 32.8 Å². The number of aliphatic hydroxyl groups is 1. The maximum Gasteiger partial charge on any atom is 0.162 e. The number of aliphatic hydroxyl groups excluding tert-OH is 1. The van der Waals surface area contributed by atoms with Gasteiger partial charge in [0.1, 0.15) is 5.58 Å². The predicted octanol–water partition coefficient (Wildman–Crippen LogP) is 12.0. The van der Waals surface area contributed by atoms with E-state index in [1.807, 2.05) is 42.6 Å². The largest absolute Gasteiger partial charge is 0.682 e. The SMILES string of the molecule is O=C(/C=C(\O)C1CCCC1)C1CCCC1.[2H]C1(C2=C[N-]C(c3[c-]c(C([2H])([2H])[2H])cc4c3oc3ccccc34)c3ccc(C4([2H])CCCC4)cc32)CC1.[Ir]. The van der Waals surface area contributed by atoms with E-state index in [1.165, 1.54) is 31.8 Å². The summed E-state index contributed by atoms with van der Waals surface area (Å²) in [6.45, 7) is -2.33. The van der Waals surface area contributed by atoms with Crippen molar-refractivity contribution in [2.45, 2.75) is 109 Å². The molecule has 4 aliphatic carbocycles. The summed E-state index contributed by atoms with van der Waals surface area (Å²) in [5.41, 5.74) is 5.79. The number of fused-ring (bicyclic) bond motifs is 4. The number of aryl methyl sites for hydroxylation is 1. The minimum absolute atomic E-state index is 0. The fourth-order valence-electron chi connectivity index (χ4n) is 8.28. The normalized spacial score (nSPS) is 24.9. The Bertz CT molecular complexity index is 2060. The molecule has 1 aliphatic heterocycles. The molecule has 2 heterocycles. The number of carbonyl (C=O) groups excluding carboxylic acids is 1. The number of hydrogen-bond acceptors (Lipinski definition) is 3. The van der Waals surface area contributed by atoms with Gasteiger partial charge >= 0.3 is 0 Å². The number of rotatable bonds is 6. The third-order valence-corrected chi connectivity index (χ3v) is 11.0. The van der Waals surface area contributed by atoms with E-state index in [0.29, 0.717) is 22.5 Å². The summed E-state index contributed by atoms with van der Waals surface area (Å²) in [7, 11) is 0. The molecule has 4 aromatic rings. The Hall–Kier alpha value is -3.14. The van der Waals surface area contributed by atoms with Gasteiger partial charge in [-0.05, 0) is 80.3 Å². The van der Waals surface area contributed by atoms with Gasteiger partial charge in [-0.3, -0.25) is 4.79 Å². The summed E-state index contributed by atoms with van der Waals surface area (Å²) in [4.78, 5) is 11.8. The van der Waals surface area contributed by atoms with Crippen molar-refractivity contribution in [3.05, 3.63) is 106 Å². The predicted molar refractivity (Wildman–Crippen MR) is 190 cm³/mol. The van der Waals surface area contributed by atoms with E-state index in [2.05, 4.69) is 12.1 Å². The molecule has 0 amide bonds. The van der Waals surface area contributed by atoms with E-state index in [9.17, 15) is 9.90 Å². The monoisotopic (exact) mass is 823 g/mol. The number of nitrogens with zero attached hydrogens (tertiary/aromatic N) is 1. The summed E-state index contributed by atoms with van der Waals surface area (Å²) in [6, 6.07) is 18.2. The summed E-state index contributed by atoms with van der Waals surface area (Å²) < 4.78 is 48.6. The molecule has 5 aliphatic rings.